The molecule has 6 nitrogen and oxygen atoms in total. The largest absolute Gasteiger partial charge is 0.300 e. The lowest BCUT2D eigenvalue weighted by Gasteiger charge is -2.33. The fraction of sp³-hybridized carbons (Fsp3) is 0.769. The van der Waals surface area contributed by atoms with E-state index in [1.165, 1.54) is 19.0 Å². The number of alkyl halides is 1. The lowest BCUT2D eigenvalue weighted by atomic mass is 10.3. The molecule has 0 N–H and O–H groups in total. The van der Waals surface area contributed by atoms with Crippen LogP contribution in [0.5, 0.6) is 0 Å². The van der Waals surface area contributed by atoms with Crippen LogP contribution in [0.3, 0.4) is 0 Å². The number of aromatic nitrogens is 2. The Kier molecular flexibility index (Phi) is 4.54. The number of piperazine rings is 1. The van der Waals surface area contributed by atoms with Gasteiger partial charge >= 0.3 is 0 Å². The minimum Gasteiger partial charge on any atom is -0.300 e. The van der Waals surface area contributed by atoms with Gasteiger partial charge in [-0.15, -0.1) is 11.6 Å². The van der Waals surface area contributed by atoms with Crippen molar-refractivity contribution >= 4 is 21.6 Å². The van der Waals surface area contributed by atoms with Gasteiger partial charge in [-0.05, 0) is 18.8 Å². The van der Waals surface area contributed by atoms with E-state index >= 15 is 0 Å². The second-order valence-electron chi connectivity index (χ2n) is 5.78. The van der Waals surface area contributed by atoms with E-state index in [0.29, 0.717) is 25.5 Å². The first-order valence-electron chi connectivity index (χ1n) is 7.40. The Morgan fingerprint density at radius 2 is 1.95 bits per heavy atom. The third-order valence-electron chi connectivity index (χ3n) is 4.11. The predicted octanol–water partition coefficient (Wildman–Crippen LogP) is 0.838. The van der Waals surface area contributed by atoms with Crippen molar-refractivity contribution in [1.29, 1.82) is 0 Å². The van der Waals surface area contributed by atoms with Gasteiger partial charge in [0.2, 0.25) is 10.0 Å². The van der Waals surface area contributed by atoms with Crippen molar-refractivity contribution < 1.29 is 8.42 Å². The van der Waals surface area contributed by atoms with Gasteiger partial charge in [0.1, 0.15) is 4.90 Å². The highest BCUT2D eigenvalue weighted by Gasteiger charge is 2.31. The molecular formula is C13H21ClN4O2S. The minimum atomic E-state index is -3.42. The summed E-state index contributed by atoms with van der Waals surface area (Å²) >= 11 is 5.64. The van der Waals surface area contributed by atoms with Crippen LogP contribution in [-0.4, -0.2) is 66.0 Å². The molecule has 8 heteroatoms. The fourth-order valence-corrected chi connectivity index (χ4v) is 4.20. The van der Waals surface area contributed by atoms with E-state index in [-0.39, 0.29) is 4.90 Å². The Bertz CT molecular complexity index is 577. The minimum absolute atomic E-state index is 0.267. The topological polar surface area (TPSA) is 58.4 Å². The molecule has 1 aliphatic heterocycles. The summed E-state index contributed by atoms with van der Waals surface area (Å²) in [5.41, 5.74) is 0. The van der Waals surface area contributed by atoms with Gasteiger partial charge in [0.05, 0.1) is 12.7 Å². The molecule has 118 valence electrons. The molecule has 0 spiro atoms. The third-order valence-corrected chi connectivity index (χ3v) is 6.13. The quantitative estimate of drug-likeness (QED) is 0.724. The molecule has 0 amide bonds. The van der Waals surface area contributed by atoms with Gasteiger partial charge in [-0.1, -0.05) is 0 Å². The summed E-state index contributed by atoms with van der Waals surface area (Å²) in [7, 11) is -3.42. The van der Waals surface area contributed by atoms with E-state index in [9.17, 15) is 8.42 Å². The highest BCUT2D eigenvalue weighted by atomic mass is 35.5. The molecular weight excluding hydrogens is 312 g/mol. The summed E-state index contributed by atoms with van der Waals surface area (Å²) < 4.78 is 28.3. The molecule has 1 saturated carbocycles. The lowest BCUT2D eigenvalue weighted by Crippen LogP contribution is -2.48. The molecule has 1 aromatic heterocycles. The summed E-state index contributed by atoms with van der Waals surface area (Å²) in [6.07, 6.45) is 5.64. The number of hydrogen-bond donors (Lipinski definition) is 0. The molecule has 21 heavy (non-hydrogen) atoms. The van der Waals surface area contributed by atoms with Crippen molar-refractivity contribution in [3.8, 4) is 0 Å². The van der Waals surface area contributed by atoms with Crippen LogP contribution in [0.2, 0.25) is 0 Å². The molecule has 0 radical (unpaired) electrons. The van der Waals surface area contributed by atoms with E-state index in [2.05, 4.69) is 10.00 Å². The molecule has 2 fully saturated rings. The van der Waals surface area contributed by atoms with Crippen LogP contribution in [0, 0.1) is 5.92 Å². The molecule has 2 heterocycles. The second kappa shape index (κ2) is 6.24. The normalized spacial score (nSPS) is 21.8. The van der Waals surface area contributed by atoms with Crippen LogP contribution in [0.4, 0.5) is 0 Å². The van der Waals surface area contributed by atoms with Crippen LogP contribution in [-0.2, 0) is 16.6 Å². The fourth-order valence-electron chi connectivity index (χ4n) is 2.65. The van der Waals surface area contributed by atoms with Gasteiger partial charge in [0, 0.05) is 44.8 Å². The number of hydrogen-bond acceptors (Lipinski definition) is 4. The maximum Gasteiger partial charge on any atom is 0.246 e. The summed E-state index contributed by atoms with van der Waals surface area (Å²) in [6, 6.07) is 0. The summed E-state index contributed by atoms with van der Waals surface area (Å²) in [6.45, 7) is 4.43. The Balaban J connectivity index is 1.61. The first-order valence-corrected chi connectivity index (χ1v) is 9.38. The maximum atomic E-state index is 12.6. The SMILES string of the molecule is O=S(=O)(c1cnn(CCCl)c1)N1CCN(CC2CC2)CC1. The van der Waals surface area contributed by atoms with Crippen LogP contribution in [0.25, 0.3) is 0 Å². The first-order chi connectivity index (χ1) is 10.1. The van der Waals surface area contributed by atoms with E-state index in [1.54, 1.807) is 15.2 Å². The summed E-state index contributed by atoms with van der Waals surface area (Å²) in [5, 5.41) is 4.05. The van der Waals surface area contributed by atoms with Crippen LogP contribution < -0.4 is 0 Å². The standard InChI is InChI=1S/C13H21ClN4O2S/c14-3-4-17-11-13(9-15-17)21(19,20)18-7-5-16(6-8-18)10-12-1-2-12/h9,11-12H,1-8,10H2. The number of nitrogens with zero attached hydrogens (tertiary/aromatic N) is 4. The number of aryl methyl sites for hydroxylation is 1. The van der Waals surface area contributed by atoms with Crippen molar-refractivity contribution in [2.75, 3.05) is 38.6 Å². The van der Waals surface area contributed by atoms with Gasteiger partial charge in [0.25, 0.3) is 0 Å². The first kappa shape index (κ1) is 15.3. The monoisotopic (exact) mass is 332 g/mol. The predicted molar refractivity (Wildman–Crippen MR) is 80.9 cm³/mol. The van der Waals surface area contributed by atoms with Crippen molar-refractivity contribution in [2.45, 2.75) is 24.3 Å². The van der Waals surface area contributed by atoms with Crippen LogP contribution in [0.1, 0.15) is 12.8 Å². The van der Waals surface area contributed by atoms with E-state index in [4.69, 9.17) is 11.6 Å². The number of sulfonamides is 1. The van der Waals surface area contributed by atoms with Gasteiger partial charge in [-0.3, -0.25) is 4.68 Å². The summed E-state index contributed by atoms with van der Waals surface area (Å²) in [5.74, 6) is 1.27. The average molecular weight is 333 g/mol. The molecule has 1 aromatic rings. The molecule has 0 unspecified atom stereocenters. The van der Waals surface area contributed by atoms with Gasteiger partial charge in [0.15, 0.2) is 0 Å². The Labute approximate surface area is 130 Å². The Hall–Kier alpha value is -0.630. The van der Waals surface area contributed by atoms with E-state index in [0.717, 1.165) is 25.6 Å². The Morgan fingerprint density at radius 3 is 2.57 bits per heavy atom. The lowest BCUT2D eigenvalue weighted by molar-refractivity contribution is 0.182. The van der Waals surface area contributed by atoms with E-state index < -0.39 is 10.0 Å². The highest BCUT2D eigenvalue weighted by molar-refractivity contribution is 7.89. The zero-order valence-corrected chi connectivity index (χ0v) is 13.6. The average Bonchev–Trinajstić information content (AvgIpc) is 3.15. The Morgan fingerprint density at radius 1 is 1.24 bits per heavy atom. The van der Waals surface area contributed by atoms with E-state index in [1.807, 2.05) is 0 Å². The molecule has 2 aliphatic rings. The zero-order valence-electron chi connectivity index (χ0n) is 12.0. The van der Waals surface area contributed by atoms with Crippen molar-refractivity contribution in [3.05, 3.63) is 12.4 Å². The molecule has 1 aliphatic carbocycles. The highest BCUT2D eigenvalue weighted by Crippen LogP contribution is 2.30. The molecule has 3 rings (SSSR count). The second-order valence-corrected chi connectivity index (χ2v) is 8.09. The molecule has 1 saturated heterocycles. The van der Waals surface area contributed by atoms with Crippen LogP contribution >= 0.6 is 11.6 Å². The van der Waals surface area contributed by atoms with Crippen molar-refractivity contribution in [3.63, 3.8) is 0 Å². The molecule has 0 aromatic carbocycles. The summed E-state index contributed by atoms with van der Waals surface area (Å²) in [4.78, 5) is 2.64. The molecule has 0 atom stereocenters. The van der Waals surface area contributed by atoms with Crippen molar-refractivity contribution in [1.82, 2.24) is 19.0 Å². The van der Waals surface area contributed by atoms with Gasteiger partial charge < -0.3 is 4.90 Å². The van der Waals surface area contributed by atoms with Gasteiger partial charge in [-0.2, -0.15) is 9.40 Å². The van der Waals surface area contributed by atoms with Gasteiger partial charge in [-0.25, -0.2) is 8.42 Å². The maximum absolute atomic E-state index is 12.6. The number of halogens is 1. The number of rotatable bonds is 6. The molecule has 0 bridgehead atoms. The third kappa shape index (κ3) is 3.59. The smallest absolute Gasteiger partial charge is 0.246 e. The van der Waals surface area contributed by atoms with Crippen molar-refractivity contribution in [2.24, 2.45) is 5.92 Å². The zero-order chi connectivity index (χ0) is 14.9. The van der Waals surface area contributed by atoms with Crippen LogP contribution in [0.15, 0.2) is 17.3 Å².